The summed E-state index contributed by atoms with van der Waals surface area (Å²) in [4.78, 5) is 27.5. The van der Waals surface area contributed by atoms with Crippen LogP contribution in [-0.4, -0.2) is 29.7 Å². The highest BCUT2D eigenvalue weighted by molar-refractivity contribution is 8.01. The van der Waals surface area contributed by atoms with Crippen molar-refractivity contribution in [3.8, 4) is 5.75 Å². The molecule has 23 heavy (non-hydrogen) atoms. The standard InChI is InChI=1S/C14H14ClN3O3S2/c1-7-13(22-6-11(16)19)23-14(17-7)18-12(20)9-5-8(15)3-4-10(9)21-2/h3-5H,6H2,1-2H3,(H2,16,19)(H,17,18,20). The molecule has 9 heteroatoms. The van der Waals surface area contributed by atoms with Crippen LogP contribution in [0.15, 0.2) is 22.4 Å². The maximum Gasteiger partial charge on any atom is 0.261 e. The number of rotatable bonds is 6. The summed E-state index contributed by atoms with van der Waals surface area (Å²) in [6.07, 6.45) is 0. The maximum absolute atomic E-state index is 12.4. The second-order valence-corrected chi connectivity index (χ2v) is 7.13. The van der Waals surface area contributed by atoms with Gasteiger partial charge in [-0.1, -0.05) is 22.9 Å². The van der Waals surface area contributed by atoms with Crippen LogP contribution in [0.4, 0.5) is 5.13 Å². The van der Waals surface area contributed by atoms with Crippen molar-refractivity contribution in [2.75, 3.05) is 18.2 Å². The summed E-state index contributed by atoms with van der Waals surface area (Å²) in [6.45, 7) is 1.80. The quantitative estimate of drug-likeness (QED) is 0.761. The number of aromatic nitrogens is 1. The minimum Gasteiger partial charge on any atom is -0.496 e. The number of anilines is 1. The average molecular weight is 372 g/mol. The van der Waals surface area contributed by atoms with Crippen molar-refractivity contribution < 1.29 is 14.3 Å². The second-order valence-electron chi connectivity index (χ2n) is 4.45. The van der Waals surface area contributed by atoms with Gasteiger partial charge in [0.25, 0.3) is 5.91 Å². The molecule has 0 bridgehead atoms. The molecule has 0 aliphatic rings. The zero-order chi connectivity index (χ0) is 17.0. The van der Waals surface area contributed by atoms with Gasteiger partial charge in [0.05, 0.1) is 28.3 Å². The van der Waals surface area contributed by atoms with E-state index in [2.05, 4.69) is 10.3 Å². The molecule has 0 saturated heterocycles. The van der Waals surface area contributed by atoms with Crippen LogP contribution >= 0.6 is 34.7 Å². The first-order valence-corrected chi connectivity index (χ1v) is 8.62. The monoisotopic (exact) mass is 371 g/mol. The van der Waals surface area contributed by atoms with E-state index in [0.717, 1.165) is 9.90 Å². The number of carbonyl (C=O) groups excluding carboxylic acids is 2. The van der Waals surface area contributed by atoms with Gasteiger partial charge in [0, 0.05) is 5.02 Å². The summed E-state index contributed by atoms with van der Waals surface area (Å²) in [5, 5.41) is 3.58. The molecule has 0 aliphatic heterocycles. The van der Waals surface area contributed by atoms with Gasteiger partial charge in [-0.3, -0.25) is 14.9 Å². The smallest absolute Gasteiger partial charge is 0.261 e. The van der Waals surface area contributed by atoms with Crippen molar-refractivity contribution in [1.29, 1.82) is 0 Å². The van der Waals surface area contributed by atoms with Crippen LogP contribution in [0, 0.1) is 6.92 Å². The van der Waals surface area contributed by atoms with Gasteiger partial charge in [0.15, 0.2) is 5.13 Å². The molecule has 0 radical (unpaired) electrons. The van der Waals surface area contributed by atoms with Crippen molar-refractivity contribution in [3.05, 3.63) is 34.5 Å². The van der Waals surface area contributed by atoms with E-state index >= 15 is 0 Å². The summed E-state index contributed by atoms with van der Waals surface area (Å²) < 4.78 is 5.99. The molecular weight excluding hydrogens is 358 g/mol. The van der Waals surface area contributed by atoms with Crippen LogP contribution in [0.25, 0.3) is 0 Å². The van der Waals surface area contributed by atoms with Gasteiger partial charge < -0.3 is 10.5 Å². The van der Waals surface area contributed by atoms with E-state index < -0.39 is 5.91 Å². The van der Waals surface area contributed by atoms with Crippen molar-refractivity contribution >= 4 is 51.6 Å². The van der Waals surface area contributed by atoms with E-state index in [-0.39, 0.29) is 11.7 Å². The Kier molecular flexibility index (Phi) is 5.86. The summed E-state index contributed by atoms with van der Waals surface area (Å²) in [5.74, 6) is -0.191. The molecule has 0 saturated carbocycles. The number of methoxy groups -OCH3 is 1. The Hall–Kier alpha value is -1.77. The Bertz CT molecular complexity index is 749. The third-order valence-corrected chi connectivity index (χ3v) is 5.42. The SMILES string of the molecule is COc1ccc(Cl)cc1C(=O)Nc1nc(C)c(SCC(N)=O)s1. The number of hydrogen-bond donors (Lipinski definition) is 2. The molecule has 2 rings (SSSR count). The van der Waals surface area contributed by atoms with E-state index in [9.17, 15) is 9.59 Å². The Morgan fingerprint density at radius 3 is 2.87 bits per heavy atom. The van der Waals surface area contributed by atoms with Gasteiger partial charge in [-0.15, -0.1) is 11.8 Å². The van der Waals surface area contributed by atoms with Crippen LogP contribution in [0.2, 0.25) is 5.02 Å². The Balaban J connectivity index is 2.16. The second kappa shape index (κ2) is 7.67. The van der Waals surface area contributed by atoms with Crippen molar-refractivity contribution in [2.24, 2.45) is 5.73 Å². The Labute approximate surface area is 146 Å². The summed E-state index contributed by atoms with van der Waals surface area (Å²) in [7, 11) is 1.48. The number of halogens is 1. The fourth-order valence-electron chi connectivity index (χ4n) is 1.73. The van der Waals surface area contributed by atoms with E-state index in [4.69, 9.17) is 22.1 Å². The molecule has 122 valence electrons. The topological polar surface area (TPSA) is 94.3 Å². The zero-order valence-electron chi connectivity index (χ0n) is 12.4. The molecule has 0 aliphatic carbocycles. The minimum atomic E-state index is -0.406. The molecule has 3 N–H and O–H groups in total. The van der Waals surface area contributed by atoms with Gasteiger partial charge in [-0.05, 0) is 25.1 Å². The third-order valence-electron chi connectivity index (χ3n) is 2.73. The van der Waals surface area contributed by atoms with E-state index in [1.54, 1.807) is 19.1 Å². The van der Waals surface area contributed by atoms with Crippen LogP contribution in [0.5, 0.6) is 5.75 Å². The van der Waals surface area contributed by atoms with E-state index in [0.29, 0.717) is 21.5 Å². The third kappa shape index (κ3) is 4.60. The number of benzene rings is 1. The average Bonchev–Trinajstić information content (AvgIpc) is 2.84. The highest BCUT2D eigenvalue weighted by Gasteiger charge is 2.16. The van der Waals surface area contributed by atoms with E-state index in [1.807, 2.05) is 0 Å². The van der Waals surface area contributed by atoms with E-state index in [1.165, 1.54) is 36.3 Å². The molecule has 1 aromatic carbocycles. The van der Waals surface area contributed by atoms with Gasteiger partial charge in [-0.25, -0.2) is 4.98 Å². The molecule has 6 nitrogen and oxygen atoms in total. The predicted molar refractivity (Wildman–Crippen MR) is 92.7 cm³/mol. The van der Waals surface area contributed by atoms with Gasteiger partial charge in [-0.2, -0.15) is 0 Å². The van der Waals surface area contributed by atoms with Crippen LogP contribution < -0.4 is 15.8 Å². The van der Waals surface area contributed by atoms with Crippen LogP contribution in [0.3, 0.4) is 0 Å². The predicted octanol–water partition coefficient (Wildman–Crippen LogP) is 2.94. The Morgan fingerprint density at radius 1 is 1.48 bits per heavy atom. The summed E-state index contributed by atoms with van der Waals surface area (Å²) >= 11 is 8.50. The van der Waals surface area contributed by atoms with Gasteiger partial charge >= 0.3 is 0 Å². The lowest BCUT2D eigenvalue weighted by molar-refractivity contribution is -0.115. The highest BCUT2D eigenvalue weighted by Crippen LogP contribution is 2.32. The molecule has 0 unspecified atom stereocenters. The minimum absolute atomic E-state index is 0.165. The molecule has 0 spiro atoms. The Morgan fingerprint density at radius 2 is 2.22 bits per heavy atom. The van der Waals surface area contributed by atoms with Gasteiger partial charge in [0.1, 0.15) is 5.75 Å². The number of carbonyl (C=O) groups is 2. The van der Waals surface area contributed by atoms with Crippen LogP contribution in [0.1, 0.15) is 16.1 Å². The molecule has 1 aromatic heterocycles. The molecule has 1 heterocycles. The number of primary amides is 1. The lowest BCUT2D eigenvalue weighted by atomic mass is 10.2. The number of amides is 2. The molecular formula is C14H14ClN3O3S2. The normalized spacial score (nSPS) is 10.4. The first-order chi connectivity index (χ1) is 10.9. The highest BCUT2D eigenvalue weighted by atomic mass is 35.5. The number of ether oxygens (including phenoxy) is 1. The fraction of sp³-hybridized carbons (Fsp3) is 0.214. The lowest BCUT2D eigenvalue weighted by Gasteiger charge is -2.08. The molecule has 2 amide bonds. The molecule has 0 fully saturated rings. The fourth-order valence-corrected chi connectivity index (χ4v) is 3.77. The first-order valence-electron chi connectivity index (χ1n) is 6.44. The van der Waals surface area contributed by atoms with Crippen molar-refractivity contribution in [1.82, 2.24) is 4.98 Å². The summed E-state index contributed by atoms with van der Waals surface area (Å²) in [5.41, 5.74) is 6.18. The number of aryl methyl sites for hydroxylation is 1. The number of thioether (sulfide) groups is 1. The first kappa shape index (κ1) is 17.6. The number of nitrogens with zero attached hydrogens (tertiary/aromatic N) is 1. The molecule has 2 aromatic rings. The maximum atomic E-state index is 12.4. The van der Waals surface area contributed by atoms with Crippen LogP contribution in [-0.2, 0) is 4.79 Å². The van der Waals surface area contributed by atoms with Gasteiger partial charge in [0.2, 0.25) is 5.91 Å². The zero-order valence-corrected chi connectivity index (χ0v) is 14.8. The molecule has 0 atom stereocenters. The van der Waals surface area contributed by atoms with Crippen molar-refractivity contribution in [2.45, 2.75) is 11.1 Å². The summed E-state index contributed by atoms with van der Waals surface area (Å²) in [6, 6.07) is 4.79. The lowest BCUT2D eigenvalue weighted by Crippen LogP contribution is -2.13. The number of hydrogen-bond acceptors (Lipinski definition) is 6. The number of nitrogens with one attached hydrogen (secondary N) is 1. The number of nitrogens with two attached hydrogens (primary N) is 1. The largest absolute Gasteiger partial charge is 0.496 e. The van der Waals surface area contributed by atoms with Crippen molar-refractivity contribution in [3.63, 3.8) is 0 Å². The number of thiazole rings is 1.